The largest absolute Gasteiger partial charge is 0.370 e. The minimum absolute atomic E-state index is 0.00534. The van der Waals surface area contributed by atoms with Crippen LogP contribution in [0.3, 0.4) is 0 Å². The Bertz CT molecular complexity index is 341. The number of halogens is 1. The van der Waals surface area contributed by atoms with Gasteiger partial charge < -0.3 is 11.1 Å². The number of nitrogens with one attached hydrogen (secondary N) is 1. The lowest BCUT2D eigenvalue weighted by Gasteiger charge is -2.11. The van der Waals surface area contributed by atoms with Gasteiger partial charge in [-0.05, 0) is 24.6 Å². The molecule has 0 fully saturated rings. The van der Waals surface area contributed by atoms with Gasteiger partial charge in [-0.3, -0.25) is 4.79 Å². The van der Waals surface area contributed by atoms with E-state index in [1.165, 1.54) is 12.1 Å². The number of nitrogens with two attached hydrogens (primary N) is 1. The number of hydrogen-bond acceptors (Lipinski definition) is 2. The number of primary amides is 1. The molecular formula is C11H15FN2O. The van der Waals surface area contributed by atoms with Gasteiger partial charge in [0.2, 0.25) is 5.91 Å². The van der Waals surface area contributed by atoms with Crippen LogP contribution in [0.15, 0.2) is 24.3 Å². The van der Waals surface area contributed by atoms with Crippen molar-refractivity contribution < 1.29 is 9.18 Å². The fourth-order valence-electron chi connectivity index (χ4n) is 1.31. The third kappa shape index (κ3) is 4.56. The van der Waals surface area contributed by atoms with E-state index in [-0.39, 0.29) is 24.2 Å². The van der Waals surface area contributed by atoms with Crippen molar-refractivity contribution in [2.24, 2.45) is 5.73 Å². The van der Waals surface area contributed by atoms with Gasteiger partial charge in [0.1, 0.15) is 5.82 Å². The van der Waals surface area contributed by atoms with Crippen LogP contribution >= 0.6 is 0 Å². The Morgan fingerprint density at radius 3 is 2.93 bits per heavy atom. The van der Waals surface area contributed by atoms with Crippen LogP contribution in [0.25, 0.3) is 0 Å². The van der Waals surface area contributed by atoms with Gasteiger partial charge in [-0.1, -0.05) is 12.1 Å². The molecule has 0 radical (unpaired) electrons. The van der Waals surface area contributed by atoms with Crippen molar-refractivity contribution in [1.29, 1.82) is 0 Å². The smallest absolute Gasteiger partial charge is 0.218 e. The second-order valence-electron chi connectivity index (χ2n) is 3.58. The Hall–Kier alpha value is -1.42. The van der Waals surface area contributed by atoms with Crippen molar-refractivity contribution in [2.75, 3.05) is 0 Å². The van der Waals surface area contributed by atoms with Gasteiger partial charge in [0.25, 0.3) is 0 Å². The fraction of sp³-hybridized carbons (Fsp3) is 0.364. The molecule has 4 heteroatoms. The molecule has 1 atom stereocenters. The van der Waals surface area contributed by atoms with Gasteiger partial charge in [0.15, 0.2) is 0 Å². The molecule has 3 nitrogen and oxygen atoms in total. The third-order valence-corrected chi connectivity index (χ3v) is 2.05. The van der Waals surface area contributed by atoms with E-state index in [1.807, 2.05) is 13.0 Å². The predicted molar refractivity (Wildman–Crippen MR) is 56.5 cm³/mol. The van der Waals surface area contributed by atoms with Crippen molar-refractivity contribution in [3.8, 4) is 0 Å². The van der Waals surface area contributed by atoms with E-state index in [1.54, 1.807) is 6.07 Å². The normalized spacial score (nSPS) is 12.4. The molecule has 0 aromatic heterocycles. The van der Waals surface area contributed by atoms with Gasteiger partial charge in [-0.25, -0.2) is 4.39 Å². The lowest BCUT2D eigenvalue weighted by atomic mass is 10.2. The van der Waals surface area contributed by atoms with E-state index >= 15 is 0 Å². The maximum atomic E-state index is 12.8. The highest BCUT2D eigenvalue weighted by Crippen LogP contribution is 2.03. The van der Waals surface area contributed by atoms with E-state index in [4.69, 9.17) is 5.73 Å². The van der Waals surface area contributed by atoms with Crippen molar-refractivity contribution in [1.82, 2.24) is 5.32 Å². The number of rotatable bonds is 5. The quantitative estimate of drug-likeness (QED) is 0.766. The summed E-state index contributed by atoms with van der Waals surface area (Å²) in [6, 6.07) is 6.35. The maximum Gasteiger partial charge on any atom is 0.218 e. The molecular weight excluding hydrogens is 195 g/mol. The van der Waals surface area contributed by atoms with Gasteiger partial charge >= 0.3 is 0 Å². The Labute approximate surface area is 88.5 Å². The van der Waals surface area contributed by atoms with Gasteiger partial charge in [0, 0.05) is 19.0 Å². The summed E-state index contributed by atoms with van der Waals surface area (Å²) < 4.78 is 12.8. The second-order valence-corrected chi connectivity index (χ2v) is 3.58. The molecule has 0 aliphatic carbocycles. The monoisotopic (exact) mass is 210 g/mol. The molecule has 1 rings (SSSR count). The van der Waals surface area contributed by atoms with Crippen LogP contribution in [0.1, 0.15) is 18.9 Å². The van der Waals surface area contributed by atoms with Crippen molar-refractivity contribution in [3.63, 3.8) is 0 Å². The van der Waals surface area contributed by atoms with E-state index in [2.05, 4.69) is 5.32 Å². The molecule has 0 heterocycles. The minimum Gasteiger partial charge on any atom is -0.370 e. The number of benzene rings is 1. The summed E-state index contributed by atoms with van der Waals surface area (Å²) in [6.07, 6.45) is 0.287. The van der Waals surface area contributed by atoms with Crippen LogP contribution in [-0.2, 0) is 11.3 Å². The third-order valence-electron chi connectivity index (χ3n) is 2.05. The predicted octanol–water partition coefficient (Wildman–Crippen LogP) is 1.18. The van der Waals surface area contributed by atoms with E-state index in [0.29, 0.717) is 6.54 Å². The molecule has 0 aliphatic rings. The Morgan fingerprint density at radius 1 is 1.60 bits per heavy atom. The molecule has 1 aromatic rings. The van der Waals surface area contributed by atoms with Crippen molar-refractivity contribution >= 4 is 5.91 Å². The van der Waals surface area contributed by atoms with E-state index in [9.17, 15) is 9.18 Å². The molecule has 82 valence electrons. The van der Waals surface area contributed by atoms with Gasteiger partial charge in [-0.2, -0.15) is 0 Å². The highest BCUT2D eigenvalue weighted by atomic mass is 19.1. The first-order valence-corrected chi connectivity index (χ1v) is 4.84. The van der Waals surface area contributed by atoms with Crippen LogP contribution in [0.4, 0.5) is 4.39 Å². The summed E-state index contributed by atoms with van der Waals surface area (Å²) in [4.78, 5) is 10.6. The Balaban J connectivity index is 2.40. The molecule has 1 amide bonds. The zero-order valence-corrected chi connectivity index (χ0v) is 8.66. The average Bonchev–Trinajstić information content (AvgIpc) is 2.14. The van der Waals surface area contributed by atoms with Crippen molar-refractivity contribution in [2.45, 2.75) is 25.9 Å². The highest BCUT2D eigenvalue weighted by Gasteiger charge is 2.05. The SMILES string of the molecule is CC(CC(N)=O)NCc1cccc(F)c1. The zero-order chi connectivity index (χ0) is 11.3. The first-order valence-electron chi connectivity index (χ1n) is 4.84. The number of hydrogen-bond donors (Lipinski definition) is 2. The molecule has 1 aromatic carbocycles. The molecule has 1 unspecified atom stereocenters. The van der Waals surface area contributed by atoms with Crippen LogP contribution in [-0.4, -0.2) is 11.9 Å². The lowest BCUT2D eigenvalue weighted by Crippen LogP contribution is -2.30. The Morgan fingerprint density at radius 2 is 2.33 bits per heavy atom. The molecule has 0 spiro atoms. The molecule has 0 bridgehead atoms. The number of carbonyl (C=O) groups is 1. The van der Waals surface area contributed by atoms with Gasteiger partial charge in [0.05, 0.1) is 0 Å². The fourth-order valence-corrected chi connectivity index (χ4v) is 1.31. The van der Waals surface area contributed by atoms with Gasteiger partial charge in [-0.15, -0.1) is 0 Å². The molecule has 0 saturated heterocycles. The first-order chi connectivity index (χ1) is 7.08. The summed E-state index contributed by atoms with van der Waals surface area (Å²) in [5, 5.41) is 3.09. The second kappa shape index (κ2) is 5.46. The zero-order valence-electron chi connectivity index (χ0n) is 8.66. The first kappa shape index (κ1) is 11.7. The van der Waals surface area contributed by atoms with Crippen LogP contribution < -0.4 is 11.1 Å². The Kier molecular flexibility index (Phi) is 4.24. The minimum atomic E-state index is -0.339. The van der Waals surface area contributed by atoms with Crippen LogP contribution in [0, 0.1) is 5.82 Å². The maximum absolute atomic E-state index is 12.8. The molecule has 0 aliphatic heterocycles. The van der Waals surface area contributed by atoms with E-state index in [0.717, 1.165) is 5.56 Å². The summed E-state index contributed by atoms with van der Waals surface area (Å²) in [5.74, 6) is -0.592. The van der Waals surface area contributed by atoms with Crippen LogP contribution in [0.5, 0.6) is 0 Å². The highest BCUT2D eigenvalue weighted by molar-refractivity contribution is 5.74. The molecule has 3 N–H and O–H groups in total. The number of amides is 1. The summed E-state index contributed by atoms with van der Waals surface area (Å²) >= 11 is 0. The molecule has 0 saturated carbocycles. The lowest BCUT2D eigenvalue weighted by molar-refractivity contribution is -0.118. The summed E-state index contributed by atoms with van der Waals surface area (Å²) in [5.41, 5.74) is 5.90. The summed E-state index contributed by atoms with van der Waals surface area (Å²) in [6.45, 7) is 2.40. The average molecular weight is 210 g/mol. The summed E-state index contributed by atoms with van der Waals surface area (Å²) in [7, 11) is 0. The standard InChI is InChI=1S/C11H15FN2O/c1-8(5-11(13)15)14-7-9-3-2-4-10(12)6-9/h2-4,6,8,14H,5,7H2,1H3,(H2,13,15). The van der Waals surface area contributed by atoms with Crippen LogP contribution in [0.2, 0.25) is 0 Å². The topological polar surface area (TPSA) is 55.1 Å². The number of carbonyl (C=O) groups excluding carboxylic acids is 1. The van der Waals surface area contributed by atoms with E-state index < -0.39 is 0 Å². The molecule has 15 heavy (non-hydrogen) atoms. The van der Waals surface area contributed by atoms with Crippen molar-refractivity contribution in [3.05, 3.63) is 35.6 Å².